The van der Waals surface area contributed by atoms with Gasteiger partial charge in [-0.05, 0) is 42.8 Å². The molecule has 2 N–H and O–H groups in total. The van der Waals surface area contributed by atoms with Crippen molar-refractivity contribution in [2.24, 2.45) is 0 Å². The lowest BCUT2D eigenvalue weighted by atomic mass is 10.2. The molecule has 6 nitrogen and oxygen atoms in total. The Labute approximate surface area is 154 Å². The highest BCUT2D eigenvalue weighted by atomic mass is 16.5. The van der Waals surface area contributed by atoms with Gasteiger partial charge in [0, 0.05) is 44.2 Å². The monoisotopic (exact) mass is 355 g/mol. The van der Waals surface area contributed by atoms with Crippen LogP contribution in [-0.4, -0.2) is 45.7 Å². The number of anilines is 2. The van der Waals surface area contributed by atoms with E-state index >= 15 is 0 Å². The van der Waals surface area contributed by atoms with Crippen LogP contribution in [0.3, 0.4) is 0 Å². The third-order valence-electron chi connectivity index (χ3n) is 3.82. The third kappa shape index (κ3) is 6.22. The molecule has 6 heteroatoms. The van der Waals surface area contributed by atoms with Crippen molar-refractivity contribution < 1.29 is 14.3 Å². The van der Waals surface area contributed by atoms with Crippen molar-refractivity contribution in [2.45, 2.75) is 6.42 Å². The highest BCUT2D eigenvalue weighted by Gasteiger charge is 2.09. The van der Waals surface area contributed by atoms with Gasteiger partial charge in [0.25, 0.3) is 5.91 Å². The molecule has 2 aromatic carbocycles. The number of hydrogen-bond donors (Lipinski definition) is 2. The summed E-state index contributed by atoms with van der Waals surface area (Å²) in [5.74, 6) is -0.254. The molecule has 0 saturated heterocycles. The summed E-state index contributed by atoms with van der Waals surface area (Å²) in [7, 11) is 3.50. The average molecular weight is 355 g/mol. The van der Waals surface area contributed by atoms with E-state index in [2.05, 4.69) is 10.6 Å². The van der Waals surface area contributed by atoms with Crippen molar-refractivity contribution in [3.05, 3.63) is 60.2 Å². The van der Waals surface area contributed by atoms with Crippen molar-refractivity contribution in [1.82, 2.24) is 5.32 Å². The molecule has 26 heavy (non-hydrogen) atoms. The lowest BCUT2D eigenvalue weighted by Gasteiger charge is -2.18. The van der Waals surface area contributed by atoms with Gasteiger partial charge in [-0.15, -0.1) is 0 Å². The Balaban J connectivity index is 1.82. The second kappa shape index (κ2) is 10.2. The first-order chi connectivity index (χ1) is 12.6. The molecule has 0 bridgehead atoms. The van der Waals surface area contributed by atoms with Crippen molar-refractivity contribution in [3.8, 4) is 0 Å². The Bertz CT molecular complexity index is 702. The Morgan fingerprint density at radius 2 is 1.73 bits per heavy atom. The quantitative estimate of drug-likeness (QED) is 0.678. The van der Waals surface area contributed by atoms with Crippen LogP contribution in [0.1, 0.15) is 16.8 Å². The highest BCUT2D eigenvalue weighted by Crippen LogP contribution is 2.12. The van der Waals surface area contributed by atoms with Gasteiger partial charge in [-0.2, -0.15) is 0 Å². The smallest absolute Gasteiger partial charge is 0.251 e. The van der Waals surface area contributed by atoms with E-state index in [9.17, 15) is 9.59 Å². The average Bonchev–Trinajstić information content (AvgIpc) is 2.66. The van der Waals surface area contributed by atoms with E-state index in [1.165, 1.54) is 0 Å². The van der Waals surface area contributed by atoms with Crippen LogP contribution in [0.5, 0.6) is 0 Å². The molecule has 0 aromatic heterocycles. The number of carbonyl (C=O) groups excluding carboxylic acids is 2. The molecule has 0 aliphatic carbocycles. The molecule has 0 radical (unpaired) electrons. The molecule has 138 valence electrons. The molecule has 2 aromatic rings. The van der Waals surface area contributed by atoms with Gasteiger partial charge in [0.15, 0.2) is 0 Å². The van der Waals surface area contributed by atoms with Crippen molar-refractivity contribution in [3.63, 3.8) is 0 Å². The molecule has 0 fully saturated rings. The zero-order valence-corrected chi connectivity index (χ0v) is 15.2. The normalized spacial score (nSPS) is 10.2. The topological polar surface area (TPSA) is 70.7 Å². The molecular weight excluding hydrogens is 330 g/mol. The SMILES string of the molecule is COCCCNC(=O)c1ccc(NC(=O)CN(C)c2ccccc2)cc1. The Morgan fingerprint density at radius 3 is 2.38 bits per heavy atom. The maximum atomic E-state index is 12.2. The van der Waals surface area contributed by atoms with Gasteiger partial charge in [0.1, 0.15) is 0 Å². The molecule has 2 rings (SSSR count). The summed E-state index contributed by atoms with van der Waals surface area (Å²) in [5.41, 5.74) is 2.19. The van der Waals surface area contributed by atoms with E-state index in [1.54, 1.807) is 31.4 Å². The predicted molar refractivity (Wildman–Crippen MR) is 104 cm³/mol. The fraction of sp³-hybridized carbons (Fsp3) is 0.300. The molecule has 0 spiro atoms. The number of hydrogen-bond acceptors (Lipinski definition) is 4. The Hall–Kier alpha value is -2.86. The number of benzene rings is 2. The second-order valence-electron chi connectivity index (χ2n) is 5.92. The zero-order chi connectivity index (χ0) is 18.8. The number of rotatable bonds is 9. The molecular formula is C20H25N3O3. The van der Waals surface area contributed by atoms with E-state index < -0.39 is 0 Å². The summed E-state index contributed by atoms with van der Waals surface area (Å²) in [6.07, 6.45) is 0.769. The van der Waals surface area contributed by atoms with Gasteiger partial charge in [0.05, 0.1) is 6.54 Å². The van der Waals surface area contributed by atoms with Crippen molar-refractivity contribution in [1.29, 1.82) is 0 Å². The third-order valence-corrected chi connectivity index (χ3v) is 3.82. The number of ether oxygens (including phenoxy) is 1. The Kier molecular flexibility index (Phi) is 7.64. The second-order valence-corrected chi connectivity index (χ2v) is 5.92. The summed E-state index contributed by atoms with van der Waals surface area (Å²) < 4.78 is 4.94. The number of methoxy groups -OCH3 is 1. The summed E-state index contributed by atoms with van der Waals surface area (Å²) in [6, 6.07) is 16.6. The molecule has 0 unspecified atom stereocenters. The van der Waals surface area contributed by atoms with Crippen LogP contribution in [0, 0.1) is 0 Å². The first-order valence-corrected chi connectivity index (χ1v) is 8.53. The lowest BCUT2D eigenvalue weighted by molar-refractivity contribution is -0.114. The molecule has 0 atom stereocenters. The minimum atomic E-state index is -0.136. The van der Waals surface area contributed by atoms with Crippen LogP contribution in [0.15, 0.2) is 54.6 Å². The fourth-order valence-electron chi connectivity index (χ4n) is 2.42. The van der Waals surface area contributed by atoms with Crippen LogP contribution in [-0.2, 0) is 9.53 Å². The van der Waals surface area contributed by atoms with Gasteiger partial charge in [0.2, 0.25) is 5.91 Å². The lowest BCUT2D eigenvalue weighted by Crippen LogP contribution is -2.30. The van der Waals surface area contributed by atoms with Crippen LogP contribution >= 0.6 is 0 Å². The molecule has 0 saturated carbocycles. The fourth-order valence-corrected chi connectivity index (χ4v) is 2.42. The van der Waals surface area contributed by atoms with E-state index in [0.29, 0.717) is 24.4 Å². The van der Waals surface area contributed by atoms with Crippen LogP contribution in [0.4, 0.5) is 11.4 Å². The molecule has 0 aliphatic heterocycles. The zero-order valence-electron chi connectivity index (χ0n) is 15.2. The first kappa shape index (κ1) is 19.5. The summed E-state index contributed by atoms with van der Waals surface area (Å²) in [6.45, 7) is 1.42. The van der Waals surface area contributed by atoms with Crippen LogP contribution in [0.2, 0.25) is 0 Å². The van der Waals surface area contributed by atoms with E-state index in [-0.39, 0.29) is 18.4 Å². The standard InChI is InChI=1S/C20H25N3O3/c1-23(18-7-4-3-5-8-18)15-19(24)22-17-11-9-16(10-12-17)20(25)21-13-6-14-26-2/h3-5,7-12H,6,13-15H2,1-2H3,(H,21,25)(H,22,24). The van der Waals surface area contributed by atoms with Crippen LogP contribution < -0.4 is 15.5 Å². The van der Waals surface area contributed by atoms with Gasteiger partial charge in [-0.25, -0.2) is 0 Å². The maximum Gasteiger partial charge on any atom is 0.251 e. The minimum Gasteiger partial charge on any atom is -0.385 e. The van der Waals surface area contributed by atoms with Crippen molar-refractivity contribution in [2.75, 3.05) is 44.1 Å². The largest absolute Gasteiger partial charge is 0.385 e. The molecule has 0 aliphatic rings. The summed E-state index contributed by atoms with van der Waals surface area (Å²) in [4.78, 5) is 26.0. The predicted octanol–water partition coefficient (Wildman–Crippen LogP) is 2.53. The van der Waals surface area contributed by atoms with Crippen molar-refractivity contribution >= 4 is 23.2 Å². The van der Waals surface area contributed by atoms with E-state index in [1.807, 2.05) is 42.3 Å². The summed E-state index contributed by atoms with van der Waals surface area (Å²) in [5, 5.41) is 5.67. The van der Waals surface area contributed by atoms with Gasteiger partial charge in [-0.3, -0.25) is 9.59 Å². The number of carbonyl (C=O) groups is 2. The number of nitrogens with zero attached hydrogens (tertiary/aromatic N) is 1. The summed E-state index contributed by atoms with van der Waals surface area (Å²) >= 11 is 0. The van der Waals surface area contributed by atoms with E-state index in [0.717, 1.165) is 12.1 Å². The van der Waals surface area contributed by atoms with Gasteiger partial charge < -0.3 is 20.3 Å². The number of amides is 2. The maximum absolute atomic E-state index is 12.2. The number of nitrogens with one attached hydrogen (secondary N) is 2. The highest BCUT2D eigenvalue weighted by molar-refractivity contribution is 5.96. The van der Waals surface area contributed by atoms with Gasteiger partial charge in [-0.1, -0.05) is 18.2 Å². The Morgan fingerprint density at radius 1 is 1.04 bits per heavy atom. The van der Waals surface area contributed by atoms with E-state index in [4.69, 9.17) is 4.74 Å². The number of likely N-dealkylation sites (N-methyl/N-ethyl adjacent to an activating group) is 1. The minimum absolute atomic E-state index is 0.117. The molecule has 0 heterocycles. The van der Waals surface area contributed by atoms with Crippen LogP contribution in [0.25, 0.3) is 0 Å². The number of para-hydroxylation sites is 1. The first-order valence-electron chi connectivity index (χ1n) is 8.53. The van der Waals surface area contributed by atoms with Gasteiger partial charge >= 0.3 is 0 Å². The molecule has 2 amide bonds.